The second kappa shape index (κ2) is 7.04. The fourth-order valence-electron chi connectivity index (χ4n) is 2.56. The number of nitrogens with zero attached hydrogens (tertiary/aromatic N) is 1. The molecule has 0 spiro atoms. The van der Waals surface area contributed by atoms with Gasteiger partial charge in [-0.25, -0.2) is 4.79 Å². The van der Waals surface area contributed by atoms with E-state index in [-0.39, 0.29) is 12.4 Å². The number of hydrogen-bond donors (Lipinski definition) is 2. The van der Waals surface area contributed by atoms with Crippen molar-refractivity contribution in [3.8, 4) is 17.2 Å². The number of carbonyl (C=O) groups is 1. The Morgan fingerprint density at radius 1 is 1.46 bits per heavy atom. The molecule has 6 heteroatoms. The van der Waals surface area contributed by atoms with Crippen LogP contribution >= 0.6 is 0 Å². The van der Waals surface area contributed by atoms with E-state index in [9.17, 15) is 9.90 Å². The van der Waals surface area contributed by atoms with Crippen LogP contribution in [-0.4, -0.2) is 27.8 Å². The van der Waals surface area contributed by atoms with Crippen LogP contribution in [0.15, 0.2) is 36.7 Å². The number of phenolic OH excluding ortho intramolecular Hbond substituents is 1. The maximum Gasteiger partial charge on any atom is 0.328 e. The Balaban J connectivity index is 1.95. The molecule has 0 saturated heterocycles. The van der Waals surface area contributed by atoms with Crippen LogP contribution in [0.3, 0.4) is 0 Å². The van der Waals surface area contributed by atoms with Crippen molar-refractivity contribution in [3.05, 3.63) is 53.4 Å². The molecular formula is C18H17NO5. The van der Waals surface area contributed by atoms with Crippen LogP contribution in [0.4, 0.5) is 0 Å². The van der Waals surface area contributed by atoms with Gasteiger partial charge in [-0.3, -0.25) is 4.98 Å². The van der Waals surface area contributed by atoms with Crippen molar-refractivity contribution in [1.82, 2.24) is 4.98 Å². The molecule has 124 valence electrons. The summed E-state index contributed by atoms with van der Waals surface area (Å²) in [4.78, 5) is 14.8. The standard InChI is InChI=1S/C18H17NO5/c20-16(21)6-5-13-9-15-14(4-2-8-23-15)18(17(13)22)24-11-12-3-1-7-19-10-12/h1,3,5-7,9-10,22H,2,4,8,11H2,(H,20,21). The van der Waals surface area contributed by atoms with Crippen LogP contribution in [-0.2, 0) is 17.8 Å². The zero-order valence-corrected chi connectivity index (χ0v) is 12.9. The molecule has 6 nitrogen and oxygen atoms in total. The molecule has 0 unspecified atom stereocenters. The predicted molar refractivity (Wildman–Crippen MR) is 87.2 cm³/mol. The van der Waals surface area contributed by atoms with Crippen molar-refractivity contribution in [2.75, 3.05) is 6.61 Å². The molecular weight excluding hydrogens is 310 g/mol. The summed E-state index contributed by atoms with van der Waals surface area (Å²) in [7, 11) is 0. The minimum atomic E-state index is -1.09. The molecule has 0 atom stereocenters. The monoisotopic (exact) mass is 327 g/mol. The first-order valence-electron chi connectivity index (χ1n) is 7.59. The van der Waals surface area contributed by atoms with E-state index < -0.39 is 5.97 Å². The molecule has 1 aromatic carbocycles. The number of carboxylic acid groups (broad SMARTS) is 1. The normalized spacial score (nSPS) is 13.3. The van der Waals surface area contributed by atoms with Crippen LogP contribution < -0.4 is 9.47 Å². The quantitative estimate of drug-likeness (QED) is 0.821. The molecule has 0 aliphatic carbocycles. The summed E-state index contributed by atoms with van der Waals surface area (Å²) in [5, 5.41) is 19.3. The number of aromatic nitrogens is 1. The summed E-state index contributed by atoms with van der Waals surface area (Å²) in [5.74, 6) is -0.224. The smallest absolute Gasteiger partial charge is 0.328 e. The lowest BCUT2D eigenvalue weighted by Gasteiger charge is -2.22. The molecule has 1 aliphatic rings. The second-order valence-corrected chi connectivity index (χ2v) is 5.39. The minimum Gasteiger partial charge on any atom is -0.504 e. The summed E-state index contributed by atoms with van der Waals surface area (Å²) >= 11 is 0. The average molecular weight is 327 g/mol. The van der Waals surface area contributed by atoms with Crippen LogP contribution in [0.1, 0.15) is 23.1 Å². The molecule has 0 saturated carbocycles. The van der Waals surface area contributed by atoms with Crippen LogP contribution in [0, 0.1) is 0 Å². The highest BCUT2D eigenvalue weighted by molar-refractivity contribution is 5.86. The molecule has 2 heterocycles. The lowest BCUT2D eigenvalue weighted by atomic mass is 10.0. The van der Waals surface area contributed by atoms with Gasteiger partial charge in [0.2, 0.25) is 0 Å². The first-order chi connectivity index (χ1) is 11.6. The Kier molecular flexibility index (Phi) is 4.65. The molecule has 1 aromatic heterocycles. The third kappa shape index (κ3) is 3.48. The lowest BCUT2D eigenvalue weighted by Crippen LogP contribution is -2.11. The van der Waals surface area contributed by atoms with Gasteiger partial charge in [-0.05, 0) is 31.1 Å². The predicted octanol–water partition coefficient (Wildman–Crippen LogP) is 2.79. The van der Waals surface area contributed by atoms with E-state index in [1.165, 1.54) is 6.08 Å². The van der Waals surface area contributed by atoms with E-state index in [4.69, 9.17) is 14.6 Å². The number of aliphatic carboxylic acids is 1. The van der Waals surface area contributed by atoms with E-state index >= 15 is 0 Å². The molecule has 3 rings (SSSR count). The van der Waals surface area contributed by atoms with Crippen molar-refractivity contribution >= 4 is 12.0 Å². The van der Waals surface area contributed by atoms with Gasteiger partial charge in [0.1, 0.15) is 12.4 Å². The number of phenols is 1. The highest BCUT2D eigenvalue weighted by atomic mass is 16.5. The molecule has 2 N–H and O–H groups in total. The topological polar surface area (TPSA) is 88.9 Å². The van der Waals surface area contributed by atoms with Crippen molar-refractivity contribution < 1.29 is 24.5 Å². The van der Waals surface area contributed by atoms with Gasteiger partial charge < -0.3 is 19.7 Å². The number of aromatic hydroxyl groups is 1. The van der Waals surface area contributed by atoms with E-state index in [1.54, 1.807) is 18.5 Å². The van der Waals surface area contributed by atoms with Gasteiger partial charge in [0, 0.05) is 35.2 Å². The van der Waals surface area contributed by atoms with Gasteiger partial charge in [0.05, 0.1) is 6.61 Å². The van der Waals surface area contributed by atoms with E-state index in [0.29, 0.717) is 23.7 Å². The van der Waals surface area contributed by atoms with Gasteiger partial charge in [0.15, 0.2) is 11.5 Å². The number of hydrogen-bond acceptors (Lipinski definition) is 5. The van der Waals surface area contributed by atoms with Crippen molar-refractivity contribution in [1.29, 1.82) is 0 Å². The summed E-state index contributed by atoms with van der Waals surface area (Å²) in [6.07, 6.45) is 7.22. The molecule has 0 fully saturated rings. The van der Waals surface area contributed by atoms with Gasteiger partial charge in [-0.15, -0.1) is 0 Å². The minimum absolute atomic E-state index is 0.0827. The number of rotatable bonds is 5. The Morgan fingerprint density at radius 2 is 2.33 bits per heavy atom. The van der Waals surface area contributed by atoms with Crippen molar-refractivity contribution in [3.63, 3.8) is 0 Å². The zero-order chi connectivity index (χ0) is 16.9. The third-order valence-corrected chi connectivity index (χ3v) is 3.69. The number of fused-ring (bicyclic) bond motifs is 1. The maximum absolute atomic E-state index is 10.7. The van der Waals surface area contributed by atoms with Crippen LogP contribution in [0.25, 0.3) is 6.08 Å². The number of carboxylic acids is 1. The van der Waals surface area contributed by atoms with Gasteiger partial charge in [0.25, 0.3) is 0 Å². The molecule has 0 bridgehead atoms. The highest BCUT2D eigenvalue weighted by Gasteiger charge is 2.22. The molecule has 24 heavy (non-hydrogen) atoms. The SMILES string of the molecule is O=C(O)C=Cc1cc2c(c(OCc3cccnc3)c1O)CCCO2. The first-order valence-corrected chi connectivity index (χ1v) is 7.59. The largest absolute Gasteiger partial charge is 0.504 e. The average Bonchev–Trinajstić information content (AvgIpc) is 2.60. The Morgan fingerprint density at radius 3 is 3.08 bits per heavy atom. The summed E-state index contributed by atoms with van der Waals surface area (Å²) < 4.78 is 11.5. The Bertz CT molecular complexity index is 771. The van der Waals surface area contributed by atoms with Crippen LogP contribution in [0.5, 0.6) is 17.2 Å². The number of ether oxygens (including phenoxy) is 2. The number of pyridine rings is 1. The Labute approximate surface area is 139 Å². The van der Waals surface area contributed by atoms with Gasteiger partial charge in [-0.1, -0.05) is 6.07 Å². The summed E-state index contributed by atoms with van der Waals surface area (Å²) in [5.41, 5.74) is 2.02. The van der Waals surface area contributed by atoms with E-state index in [1.807, 2.05) is 12.1 Å². The molecule has 0 amide bonds. The zero-order valence-electron chi connectivity index (χ0n) is 12.9. The molecule has 2 aromatic rings. The highest BCUT2D eigenvalue weighted by Crippen LogP contribution is 2.43. The number of benzene rings is 1. The second-order valence-electron chi connectivity index (χ2n) is 5.39. The van der Waals surface area contributed by atoms with Gasteiger partial charge >= 0.3 is 5.97 Å². The molecule has 1 aliphatic heterocycles. The summed E-state index contributed by atoms with van der Waals surface area (Å²) in [6, 6.07) is 5.32. The maximum atomic E-state index is 10.7. The van der Waals surface area contributed by atoms with Crippen molar-refractivity contribution in [2.45, 2.75) is 19.4 Å². The Hall–Kier alpha value is -3.02. The molecule has 0 radical (unpaired) electrons. The summed E-state index contributed by atoms with van der Waals surface area (Å²) in [6.45, 7) is 0.835. The third-order valence-electron chi connectivity index (χ3n) is 3.69. The van der Waals surface area contributed by atoms with E-state index in [2.05, 4.69) is 4.98 Å². The lowest BCUT2D eigenvalue weighted by molar-refractivity contribution is -0.131. The fourth-order valence-corrected chi connectivity index (χ4v) is 2.56. The van der Waals surface area contributed by atoms with Crippen LogP contribution in [0.2, 0.25) is 0 Å². The first kappa shape index (κ1) is 15.9. The van der Waals surface area contributed by atoms with Crippen molar-refractivity contribution in [2.24, 2.45) is 0 Å². The van der Waals surface area contributed by atoms with Gasteiger partial charge in [-0.2, -0.15) is 0 Å². The fraction of sp³-hybridized carbons (Fsp3) is 0.222. The van der Waals surface area contributed by atoms with E-state index in [0.717, 1.165) is 30.0 Å².